The number of nitrogens with two attached hydrogens (primary N) is 2. The number of ketones is 1. The maximum atomic E-state index is 14.1. The van der Waals surface area contributed by atoms with Crippen LogP contribution in [-0.4, -0.2) is 103 Å². The van der Waals surface area contributed by atoms with Gasteiger partial charge in [0.1, 0.15) is 6.04 Å². The molecule has 2 aliphatic rings. The molecule has 0 aliphatic carbocycles. The number of unbranched alkanes of at least 4 members (excludes halogenated alkanes) is 1. The predicted molar refractivity (Wildman–Crippen MR) is 204 cm³/mol. The molecule has 0 saturated carbocycles. The van der Waals surface area contributed by atoms with Crippen molar-refractivity contribution in [2.45, 2.75) is 83.8 Å². The molecule has 0 saturated heterocycles. The summed E-state index contributed by atoms with van der Waals surface area (Å²) in [6.45, 7) is 8.85. The fraction of sp³-hybridized carbons (Fsp3) is 0.537. The highest BCUT2D eigenvalue weighted by molar-refractivity contribution is 5.95. The molecule has 4 atom stereocenters. The van der Waals surface area contributed by atoms with E-state index in [-0.39, 0.29) is 48.9 Å². The second kappa shape index (κ2) is 20.7. The zero-order chi connectivity index (χ0) is 38.3. The van der Waals surface area contributed by atoms with Crippen molar-refractivity contribution >= 4 is 29.5 Å². The molecule has 3 amide bonds. The van der Waals surface area contributed by atoms with Gasteiger partial charge in [0, 0.05) is 38.5 Å². The number of benzene rings is 2. The highest BCUT2D eigenvalue weighted by Gasteiger charge is 2.37. The molecule has 12 heteroatoms. The number of ether oxygens (including phenoxy) is 1. The van der Waals surface area contributed by atoms with Crippen LogP contribution in [0, 0.1) is 11.8 Å². The molecule has 53 heavy (non-hydrogen) atoms. The Hall–Kier alpha value is -4.39. The minimum absolute atomic E-state index is 0.0923. The van der Waals surface area contributed by atoms with Crippen LogP contribution in [0.4, 0.5) is 0 Å². The normalized spacial score (nSPS) is 16.5. The van der Waals surface area contributed by atoms with Gasteiger partial charge in [-0.05, 0) is 80.2 Å². The summed E-state index contributed by atoms with van der Waals surface area (Å²) in [6.07, 6.45) is 2.68. The van der Waals surface area contributed by atoms with E-state index < -0.39 is 30.0 Å². The highest BCUT2D eigenvalue weighted by Crippen LogP contribution is 2.27. The number of nitrogens with zero attached hydrogens (tertiary/aromatic N) is 2. The molecule has 0 aromatic heterocycles. The number of hydrogen-bond acceptors (Lipinski definition) is 9. The van der Waals surface area contributed by atoms with Crippen LogP contribution in [0.5, 0.6) is 0 Å². The number of amides is 3. The third-order valence-corrected chi connectivity index (χ3v) is 9.82. The summed E-state index contributed by atoms with van der Waals surface area (Å²) in [5, 5.41) is 5.93. The number of hydrogen-bond donors (Lipinski definition) is 4. The zero-order valence-corrected chi connectivity index (χ0v) is 31.6. The topological polar surface area (TPSA) is 177 Å². The Kier molecular flexibility index (Phi) is 16.2. The van der Waals surface area contributed by atoms with E-state index in [1.54, 1.807) is 11.8 Å². The van der Waals surface area contributed by atoms with Crippen molar-refractivity contribution < 1.29 is 28.7 Å². The molecule has 12 nitrogen and oxygen atoms in total. The van der Waals surface area contributed by atoms with Crippen molar-refractivity contribution in [3.05, 3.63) is 82.9 Å². The Bertz CT molecular complexity index is 1550. The Morgan fingerprint density at radius 1 is 0.792 bits per heavy atom. The predicted octanol–water partition coefficient (Wildman–Crippen LogP) is 2.54. The molecule has 288 valence electrons. The van der Waals surface area contributed by atoms with Crippen molar-refractivity contribution in [3.63, 3.8) is 0 Å². The van der Waals surface area contributed by atoms with E-state index in [9.17, 15) is 24.0 Å². The third kappa shape index (κ3) is 12.9. The van der Waals surface area contributed by atoms with Gasteiger partial charge in [-0.15, -0.1) is 0 Å². The number of nitrogens with one attached hydrogen (secondary N) is 2. The first kappa shape index (κ1) is 41.4. The van der Waals surface area contributed by atoms with Crippen molar-refractivity contribution in [1.82, 2.24) is 20.4 Å². The summed E-state index contributed by atoms with van der Waals surface area (Å²) < 4.78 is 5.10. The molecule has 0 fully saturated rings. The van der Waals surface area contributed by atoms with Crippen molar-refractivity contribution in [2.75, 3.05) is 45.9 Å². The molecular formula is C41H58N6O6. The van der Waals surface area contributed by atoms with Crippen LogP contribution in [0.25, 0.3) is 0 Å². The average molecular weight is 731 g/mol. The standard InChI is InChI=1S/C41H58N6O6/c1-4-53-38(49)27-46-23-32-25-47(26-33(32)24-46)41(52)35(17-11-12-18-42)44-39(50)31(19-28(2)3)22-37(48)36(21-30-15-9-6-10-16-30)45-40(51)34(43)20-29-13-7-5-8-14-29/h5-10,13-16,28,31,34-36H,4,11-12,17-27,42-43H2,1-3H3,(H,44,50)(H,45,51). The van der Waals surface area contributed by atoms with E-state index in [1.807, 2.05) is 79.4 Å². The van der Waals surface area contributed by atoms with Crippen LogP contribution >= 0.6 is 0 Å². The van der Waals surface area contributed by atoms with Gasteiger partial charge in [0.2, 0.25) is 17.7 Å². The van der Waals surface area contributed by atoms with Crippen LogP contribution in [0.1, 0.15) is 64.0 Å². The van der Waals surface area contributed by atoms with E-state index >= 15 is 0 Å². The van der Waals surface area contributed by atoms with Crippen LogP contribution < -0.4 is 22.1 Å². The van der Waals surface area contributed by atoms with E-state index in [0.29, 0.717) is 71.4 Å². The van der Waals surface area contributed by atoms with Gasteiger partial charge in [-0.3, -0.25) is 28.9 Å². The first-order chi connectivity index (χ1) is 25.5. The summed E-state index contributed by atoms with van der Waals surface area (Å²) in [5.74, 6) is -2.11. The molecular weight excluding hydrogens is 672 g/mol. The third-order valence-electron chi connectivity index (χ3n) is 9.82. The average Bonchev–Trinajstić information content (AvgIpc) is 3.70. The molecule has 2 aliphatic heterocycles. The van der Waals surface area contributed by atoms with Crippen molar-refractivity contribution in [3.8, 4) is 0 Å². The lowest BCUT2D eigenvalue weighted by molar-refractivity contribution is -0.144. The van der Waals surface area contributed by atoms with Gasteiger partial charge in [0.15, 0.2) is 5.78 Å². The quantitative estimate of drug-likeness (QED) is 0.0854. The molecule has 6 N–H and O–H groups in total. The maximum Gasteiger partial charge on any atom is 0.320 e. The Labute approximate surface area is 314 Å². The molecule has 4 rings (SSSR count). The summed E-state index contributed by atoms with van der Waals surface area (Å²) >= 11 is 0. The fourth-order valence-corrected chi connectivity index (χ4v) is 7.15. The first-order valence-corrected chi connectivity index (χ1v) is 19.0. The lowest BCUT2D eigenvalue weighted by Crippen LogP contribution is -2.52. The Morgan fingerprint density at radius 3 is 1.94 bits per heavy atom. The second-order valence-corrected chi connectivity index (χ2v) is 14.7. The number of rotatable bonds is 21. The molecule has 0 radical (unpaired) electrons. The lowest BCUT2D eigenvalue weighted by Gasteiger charge is -2.29. The molecule has 2 aromatic rings. The molecule has 2 heterocycles. The number of esters is 1. The SMILES string of the molecule is CCOC(=O)CN1CC2=C(C1)CN(C(=O)C(CCCCN)NC(=O)C(CC(=O)C(Cc1ccccc1)NC(=O)C(N)Cc1ccccc1)CC(C)C)C2. The monoisotopic (exact) mass is 730 g/mol. The van der Waals surface area contributed by atoms with Crippen molar-refractivity contribution in [1.29, 1.82) is 0 Å². The maximum absolute atomic E-state index is 14.1. The van der Waals surface area contributed by atoms with Gasteiger partial charge in [-0.25, -0.2) is 0 Å². The molecule has 4 unspecified atom stereocenters. The Morgan fingerprint density at radius 2 is 1.38 bits per heavy atom. The van der Waals surface area contributed by atoms with Gasteiger partial charge < -0.3 is 31.7 Å². The molecule has 2 aromatic carbocycles. The van der Waals surface area contributed by atoms with E-state index in [2.05, 4.69) is 10.6 Å². The zero-order valence-electron chi connectivity index (χ0n) is 31.6. The van der Waals surface area contributed by atoms with Gasteiger partial charge in [0.05, 0.1) is 25.2 Å². The van der Waals surface area contributed by atoms with Crippen LogP contribution in [0.2, 0.25) is 0 Å². The molecule has 0 spiro atoms. The first-order valence-electron chi connectivity index (χ1n) is 19.0. The number of carbonyl (C=O) groups excluding carboxylic acids is 5. The van der Waals surface area contributed by atoms with Crippen molar-refractivity contribution in [2.24, 2.45) is 23.3 Å². The van der Waals surface area contributed by atoms with E-state index in [4.69, 9.17) is 16.2 Å². The lowest BCUT2D eigenvalue weighted by atomic mass is 9.88. The highest BCUT2D eigenvalue weighted by atomic mass is 16.5. The summed E-state index contributed by atoms with van der Waals surface area (Å²) in [4.78, 5) is 71.3. The van der Waals surface area contributed by atoms with Crippen LogP contribution in [0.3, 0.4) is 0 Å². The number of Topliss-reactive ketones (excluding diaryl/α,β-unsaturated/α-hetero) is 1. The minimum atomic E-state index is -0.891. The van der Waals surface area contributed by atoms with Crippen LogP contribution in [0.15, 0.2) is 71.8 Å². The van der Waals surface area contributed by atoms with E-state index in [0.717, 1.165) is 22.3 Å². The minimum Gasteiger partial charge on any atom is -0.465 e. The van der Waals surface area contributed by atoms with Gasteiger partial charge in [-0.2, -0.15) is 0 Å². The second-order valence-electron chi connectivity index (χ2n) is 14.7. The summed E-state index contributed by atoms with van der Waals surface area (Å²) in [7, 11) is 0. The largest absolute Gasteiger partial charge is 0.465 e. The smallest absolute Gasteiger partial charge is 0.320 e. The van der Waals surface area contributed by atoms with E-state index in [1.165, 1.54) is 0 Å². The fourth-order valence-electron chi connectivity index (χ4n) is 7.15. The van der Waals surface area contributed by atoms with Gasteiger partial charge in [0.25, 0.3) is 0 Å². The van der Waals surface area contributed by atoms with Gasteiger partial charge in [-0.1, -0.05) is 74.5 Å². The summed E-state index contributed by atoms with van der Waals surface area (Å²) in [6, 6.07) is 16.4. The van der Waals surface area contributed by atoms with Crippen LogP contribution in [-0.2, 0) is 41.6 Å². The van der Waals surface area contributed by atoms with Gasteiger partial charge >= 0.3 is 5.97 Å². The number of carbonyl (C=O) groups is 5. The Balaban J connectivity index is 1.44. The summed E-state index contributed by atoms with van der Waals surface area (Å²) in [5.41, 5.74) is 16.1. The molecule has 0 bridgehead atoms.